The average molecular weight is 372 g/mol. The molecule has 0 amide bonds. The van der Waals surface area contributed by atoms with Crippen molar-refractivity contribution in [1.82, 2.24) is 0 Å². The Labute approximate surface area is 156 Å². The molecule has 142 valence electrons. The zero-order valence-electron chi connectivity index (χ0n) is 15.2. The number of benzene rings is 2. The Morgan fingerprint density at radius 2 is 1.52 bits per heavy atom. The topological polar surface area (TPSA) is 91.3 Å². The summed E-state index contributed by atoms with van der Waals surface area (Å²) < 4.78 is 20.7. The molecule has 0 radical (unpaired) electrons. The lowest BCUT2D eigenvalue weighted by Crippen LogP contribution is -2.10. The molecule has 0 aliphatic carbocycles. The van der Waals surface area contributed by atoms with E-state index in [1.54, 1.807) is 42.5 Å². The maximum atomic E-state index is 12.4. The summed E-state index contributed by atoms with van der Waals surface area (Å²) in [5.41, 5.74) is 1.15. The van der Waals surface area contributed by atoms with Gasteiger partial charge in [0.2, 0.25) is 0 Å². The third kappa shape index (κ3) is 5.24. The molecule has 0 aromatic heterocycles. The van der Waals surface area contributed by atoms with Gasteiger partial charge in [0, 0.05) is 5.56 Å². The Morgan fingerprint density at radius 3 is 2.15 bits per heavy atom. The third-order valence-corrected chi connectivity index (χ3v) is 3.63. The summed E-state index contributed by atoms with van der Waals surface area (Å²) in [7, 11) is 4.48. The standard InChI is InChI=1S/C20H20O7/c1-24-16-9-6-14(11-19(16)26-3)15(21)7-4-13-5-8-17(18(10-13)25-2)27-12-20(22)23/h4-11H,12H2,1-3H3,(H,22,23)/b7-4+. The van der Waals surface area contributed by atoms with Crippen LogP contribution in [0, 0.1) is 0 Å². The van der Waals surface area contributed by atoms with Gasteiger partial charge in [-0.05, 0) is 42.0 Å². The van der Waals surface area contributed by atoms with E-state index in [0.717, 1.165) is 0 Å². The lowest BCUT2D eigenvalue weighted by atomic mass is 10.1. The Balaban J connectivity index is 2.17. The van der Waals surface area contributed by atoms with Crippen LogP contribution in [0.4, 0.5) is 0 Å². The molecule has 0 atom stereocenters. The van der Waals surface area contributed by atoms with Gasteiger partial charge in [0.25, 0.3) is 0 Å². The van der Waals surface area contributed by atoms with E-state index in [4.69, 9.17) is 24.1 Å². The van der Waals surface area contributed by atoms with Crippen LogP contribution in [0.15, 0.2) is 42.5 Å². The van der Waals surface area contributed by atoms with Crippen LogP contribution in [-0.4, -0.2) is 44.8 Å². The monoisotopic (exact) mass is 372 g/mol. The first-order valence-corrected chi connectivity index (χ1v) is 7.95. The summed E-state index contributed by atoms with van der Waals surface area (Å²) in [5.74, 6) is 0.404. The molecule has 0 fully saturated rings. The fourth-order valence-electron chi connectivity index (χ4n) is 2.30. The molecule has 27 heavy (non-hydrogen) atoms. The normalized spacial score (nSPS) is 10.5. The van der Waals surface area contributed by atoms with Gasteiger partial charge in [0.05, 0.1) is 21.3 Å². The second kappa shape index (κ2) is 9.28. The molecule has 0 bridgehead atoms. The second-order valence-corrected chi connectivity index (χ2v) is 5.36. The lowest BCUT2D eigenvalue weighted by Gasteiger charge is -2.09. The van der Waals surface area contributed by atoms with Crippen molar-refractivity contribution in [1.29, 1.82) is 0 Å². The predicted molar refractivity (Wildman–Crippen MR) is 99.0 cm³/mol. The molecule has 1 N–H and O–H groups in total. The summed E-state index contributed by atoms with van der Waals surface area (Å²) in [6, 6.07) is 9.85. The number of aliphatic carboxylic acids is 1. The van der Waals surface area contributed by atoms with Gasteiger partial charge in [0.1, 0.15) is 0 Å². The Bertz CT molecular complexity index is 855. The number of hydrogen-bond acceptors (Lipinski definition) is 6. The van der Waals surface area contributed by atoms with Crippen molar-refractivity contribution in [3.05, 3.63) is 53.6 Å². The molecule has 0 unspecified atom stereocenters. The molecular formula is C20H20O7. The van der Waals surface area contributed by atoms with Crippen molar-refractivity contribution < 1.29 is 33.6 Å². The minimum Gasteiger partial charge on any atom is -0.493 e. The zero-order valence-corrected chi connectivity index (χ0v) is 15.2. The molecule has 0 saturated carbocycles. The summed E-state index contributed by atoms with van der Waals surface area (Å²) in [4.78, 5) is 23.0. The highest BCUT2D eigenvalue weighted by atomic mass is 16.5. The van der Waals surface area contributed by atoms with E-state index >= 15 is 0 Å². The summed E-state index contributed by atoms with van der Waals surface area (Å²) in [5, 5.41) is 8.69. The van der Waals surface area contributed by atoms with Gasteiger partial charge < -0.3 is 24.1 Å². The molecular weight excluding hydrogens is 352 g/mol. The first kappa shape index (κ1) is 19.8. The quantitative estimate of drug-likeness (QED) is 0.534. The molecule has 2 aromatic carbocycles. The number of carbonyl (C=O) groups is 2. The molecule has 2 rings (SSSR count). The highest BCUT2D eigenvalue weighted by molar-refractivity contribution is 6.07. The summed E-state index contributed by atoms with van der Waals surface area (Å²) in [6.45, 7) is -0.469. The number of ketones is 1. The lowest BCUT2D eigenvalue weighted by molar-refractivity contribution is -0.139. The molecule has 7 nitrogen and oxygen atoms in total. The van der Waals surface area contributed by atoms with Gasteiger partial charge in [-0.2, -0.15) is 0 Å². The number of allylic oxidation sites excluding steroid dienone is 1. The third-order valence-electron chi connectivity index (χ3n) is 3.63. The van der Waals surface area contributed by atoms with Gasteiger partial charge in [0.15, 0.2) is 35.4 Å². The number of carboxylic acids is 1. The second-order valence-electron chi connectivity index (χ2n) is 5.36. The molecule has 0 saturated heterocycles. The number of methoxy groups -OCH3 is 3. The molecule has 0 spiro atoms. The summed E-state index contributed by atoms with van der Waals surface area (Å²) in [6.07, 6.45) is 3.05. The van der Waals surface area contributed by atoms with Crippen LogP contribution in [0.5, 0.6) is 23.0 Å². The SMILES string of the molecule is COc1ccc(C(=O)/C=C/c2ccc(OCC(=O)O)c(OC)c2)cc1OC. The van der Waals surface area contributed by atoms with Gasteiger partial charge in [-0.15, -0.1) is 0 Å². The van der Waals surface area contributed by atoms with Crippen LogP contribution >= 0.6 is 0 Å². The van der Waals surface area contributed by atoms with E-state index in [0.29, 0.717) is 34.1 Å². The van der Waals surface area contributed by atoms with E-state index in [1.165, 1.54) is 27.4 Å². The fraction of sp³-hybridized carbons (Fsp3) is 0.200. The molecule has 0 aliphatic heterocycles. The van der Waals surface area contributed by atoms with Gasteiger partial charge >= 0.3 is 5.97 Å². The van der Waals surface area contributed by atoms with Crippen molar-refractivity contribution in [2.75, 3.05) is 27.9 Å². The van der Waals surface area contributed by atoms with Crippen molar-refractivity contribution >= 4 is 17.8 Å². The van der Waals surface area contributed by atoms with E-state index in [-0.39, 0.29) is 5.78 Å². The largest absolute Gasteiger partial charge is 0.493 e. The maximum absolute atomic E-state index is 12.4. The molecule has 0 aliphatic rings. The summed E-state index contributed by atoms with van der Waals surface area (Å²) >= 11 is 0. The fourth-order valence-corrected chi connectivity index (χ4v) is 2.30. The van der Waals surface area contributed by atoms with Crippen molar-refractivity contribution in [2.45, 2.75) is 0 Å². The average Bonchev–Trinajstić information content (AvgIpc) is 2.69. The van der Waals surface area contributed by atoms with Crippen LogP contribution in [0.2, 0.25) is 0 Å². The van der Waals surface area contributed by atoms with Gasteiger partial charge in [-0.3, -0.25) is 4.79 Å². The van der Waals surface area contributed by atoms with E-state index < -0.39 is 12.6 Å². The molecule has 0 heterocycles. The van der Waals surface area contributed by atoms with Gasteiger partial charge in [-0.1, -0.05) is 12.1 Å². The van der Waals surface area contributed by atoms with E-state index in [1.807, 2.05) is 0 Å². The minimum atomic E-state index is -1.08. The Hall–Kier alpha value is -3.48. The Morgan fingerprint density at radius 1 is 0.889 bits per heavy atom. The number of ether oxygens (including phenoxy) is 4. The first-order valence-electron chi connectivity index (χ1n) is 7.95. The highest BCUT2D eigenvalue weighted by Crippen LogP contribution is 2.29. The highest BCUT2D eigenvalue weighted by Gasteiger charge is 2.10. The van der Waals surface area contributed by atoms with Crippen LogP contribution in [0.3, 0.4) is 0 Å². The smallest absolute Gasteiger partial charge is 0.341 e. The molecule has 7 heteroatoms. The molecule has 2 aromatic rings. The number of carbonyl (C=O) groups excluding carboxylic acids is 1. The number of carboxylic acid groups (broad SMARTS) is 1. The number of hydrogen-bond donors (Lipinski definition) is 1. The minimum absolute atomic E-state index is 0.207. The van der Waals surface area contributed by atoms with E-state index in [9.17, 15) is 9.59 Å². The van der Waals surface area contributed by atoms with Crippen LogP contribution in [-0.2, 0) is 4.79 Å². The van der Waals surface area contributed by atoms with Crippen LogP contribution in [0.1, 0.15) is 15.9 Å². The van der Waals surface area contributed by atoms with Crippen molar-refractivity contribution in [2.24, 2.45) is 0 Å². The Kier molecular flexibility index (Phi) is 6.82. The van der Waals surface area contributed by atoms with Crippen molar-refractivity contribution in [3.63, 3.8) is 0 Å². The van der Waals surface area contributed by atoms with Crippen LogP contribution < -0.4 is 18.9 Å². The first-order chi connectivity index (χ1) is 13.0. The van der Waals surface area contributed by atoms with E-state index in [2.05, 4.69) is 0 Å². The predicted octanol–water partition coefficient (Wildman–Crippen LogP) is 3.07. The van der Waals surface area contributed by atoms with Gasteiger partial charge in [-0.25, -0.2) is 4.79 Å². The zero-order chi connectivity index (χ0) is 19.8. The number of rotatable bonds is 9. The maximum Gasteiger partial charge on any atom is 0.341 e. The van der Waals surface area contributed by atoms with Crippen LogP contribution in [0.25, 0.3) is 6.08 Å². The van der Waals surface area contributed by atoms with Crippen molar-refractivity contribution in [3.8, 4) is 23.0 Å².